The molecule has 1 heterocycles. The second-order valence-corrected chi connectivity index (χ2v) is 4.64. The molecule has 1 aromatic carbocycles. The van der Waals surface area contributed by atoms with E-state index < -0.39 is 0 Å². The molecule has 1 unspecified atom stereocenters. The number of benzene rings is 1. The van der Waals surface area contributed by atoms with Crippen LogP contribution >= 0.6 is 11.6 Å². The Hall–Kier alpha value is -0.930. The van der Waals surface area contributed by atoms with Crippen molar-refractivity contribution in [2.24, 2.45) is 0 Å². The Morgan fingerprint density at radius 1 is 1.18 bits per heavy atom. The molecule has 1 saturated heterocycles. The fraction of sp³-hybridized carbons (Fsp3) is 0.538. The Labute approximate surface area is 107 Å². The number of hydrogen-bond donors (Lipinski definition) is 1. The summed E-state index contributed by atoms with van der Waals surface area (Å²) in [5.41, 5.74) is 1.12. The molecule has 3 nitrogen and oxygen atoms in total. The van der Waals surface area contributed by atoms with Gasteiger partial charge in [0.15, 0.2) is 0 Å². The van der Waals surface area contributed by atoms with Gasteiger partial charge in [0.25, 0.3) is 0 Å². The lowest BCUT2D eigenvalue weighted by Crippen LogP contribution is -2.27. The van der Waals surface area contributed by atoms with Crippen LogP contribution in [0.15, 0.2) is 12.1 Å². The second-order valence-electron chi connectivity index (χ2n) is 4.23. The maximum atomic E-state index is 6.17. The molecule has 1 atom stereocenters. The van der Waals surface area contributed by atoms with E-state index >= 15 is 0 Å². The van der Waals surface area contributed by atoms with Crippen molar-refractivity contribution in [1.29, 1.82) is 0 Å². The molecule has 0 radical (unpaired) electrons. The van der Waals surface area contributed by atoms with E-state index in [2.05, 4.69) is 5.32 Å². The molecular weight excluding hydrogens is 238 g/mol. The molecule has 4 heteroatoms. The van der Waals surface area contributed by atoms with Crippen molar-refractivity contribution in [1.82, 2.24) is 5.32 Å². The Bertz CT molecular complexity index is 389. The lowest BCUT2D eigenvalue weighted by molar-refractivity contribution is 0.366. The standard InChI is InChI=1S/C13H18ClNO2/c1-16-12-8-13(17-2)10(14)7-9(12)11-5-3-4-6-15-11/h7-8,11,15H,3-6H2,1-2H3. The SMILES string of the molecule is COc1cc(OC)c(C2CCCCN2)cc1Cl. The molecule has 0 amide bonds. The number of ether oxygens (including phenoxy) is 2. The fourth-order valence-corrected chi connectivity index (χ4v) is 2.52. The minimum absolute atomic E-state index is 0.335. The molecule has 2 rings (SSSR count). The van der Waals surface area contributed by atoms with Crippen LogP contribution < -0.4 is 14.8 Å². The fourth-order valence-electron chi connectivity index (χ4n) is 2.27. The van der Waals surface area contributed by atoms with Crippen LogP contribution in [0.4, 0.5) is 0 Å². The van der Waals surface area contributed by atoms with Gasteiger partial charge in [0.05, 0.1) is 19.2 Å². The molecule has 0 aliphatic carbocycles. The van der Waals surface area contributed by atoms with Crippen LogP contribution in [0.5, 0.6) is 11.5 Å². The quantitative estimate of drug-likeness (QED) is 0.900. The van der Waals surface area contributed by atoms with E-state index in [4.69, 9.17) is 21.1 Å². The van der Waals surface area contributed by atoms with Crippen LogP contribution in [0, 0.1) is 0 Å². The largest absolute Gasteiger partial charge is 0.496 e. The van der Waals surface area contributed by atoms with Gasteiger partial charge in [0.2, 0.25) is 0 Å². The molecule has 0 saturated carbocycles. The molecule has 1 aliphatic heterocycles. The highest BCUT2D eigenvalue weighted by molar-refractivity contribution is 6.32. The van der Waals surface area contributed by atoms with Gasteiger partial charge in [-0.25, -0.2) is 0 Å². The molecule has 94 valence electrons. The van der Waals surface area contributed by atoms with Crippen LogP contribution in [0.25, 0.3) is 0 Å². The first-order valence-electron chi connectivity index (χ1n) is 5.91. The summed E-state index contributed by atoms with van der Waals surface area (Å²) in [4.78, 5) is 0. The lowest BCUT2D eigenvalue weighted by atomic mass is 9.96. The summed E-state index contributed by atoms with van der Waals surface area (Å²) in [6.07, 6.45) is 3.60. The van der Waals surface area contributed by atoms with Crippen molar-refractivity contribution in [3.05, 3.63) is 22.7 Å². The number of piperidine rings is 1. The second kappa shape index (κ2) is 5.61. The topological polar surface area (TPSA) is 30.5 Å². The first-order valence-corrected chi connectivity index (χ1v) is 6.29. The summed E-state index contributed by atoms with van der Waals surface area (Å²) in [6, 6.07) is 4.14. The number of methoxy groups -OCH3 is 2. The third-order valence-electron chi connectivity index (χ3n) is 3.19. The van der Waals surface area contributed by atoms with E-state index in [-0.39, 0.29) is 0 Å². The van der Waals surface area contributed by atoms with E-state index in [0.717, 1.165) is 24.3 Å². The summed E-state index contributed by atoms with van der Waals surface area (Å²) < 4.78 is 10.6. The Morgan fingerprint density at radius 3 is 2.53 bits per heavy atom. The van der Waals surface area contributed by atoms with Crippen molar-refractivity contribution in [2.75, 3.05) is 20.8 Å². The monoisotopic (exact) mass is 255 g/mol. The molecule has 1 aromatic rings. The molecule has 17 heavy (non-hydrogen) atoms. The van der Waals surface area contributed by atoms with Gasteiger partial charge < -0.3 is 14.8 Å². The van der Waals surface area contributed by atoms with E-state index in [0.29, 0.717) is 16.8 Å². The first-order chi connectivity index (χ1) is 8.26. The minimum atomic E-state index is 0.335. The maximum Gasteiger partial charge on any atom is 0.141 e. The molecule has 1 N–H and O–H groups in total. The summed E-state index contributed by atoms with van der Waals surface area (Å²) in [5.74, 6) is 1.49. The van der Waals surface area contributed by atoms with Gasteiger partial charge in [-0.1, -0.05) is 18.0 Å². The molecule has 1 fully saturated rings. The number of nitrogens with one attached hydrogen (secondary N) is 1. The van der Waals surface area contributed by atoms with Crippen molar-refractivity contribution in [3.63, 3.8) is 0 Å². The third-order valence-corrected chi connectivity index (χ3v) is 3.49. The van der Waals surface area contributed by atoms with Gasteiger partial charge in [0.1, 0.15) is 11.5 Å². The predicted octanol–water partition coefficient (Wildman–Crippen LogP) is 3.17. The average molecular weight is 256 g/mol. The normalized spacial score (nSPS) is 20.1. The van der Waals surface area contributed by atoms with Crippen molar-refractivity contribution < 1.29 is 9.47 Å². The van der Waals surface area contributed by atoms with Crippen LogP contribution in [-0.4, -0.2) is 20.8 Å². The molecule has 0 spiro atoms. The Kier molecular flexibility index (Phi) is 4.13. The number of rotatable bonds is 3. The van der Waals surface area contributed by atoms with Gasteiger partial charge in [0, 0.05) is 17.7 Å². The highest BCUT2D eigenvalue weighted by Gasteiger charge is 2.20. The van der Waals surface area contributed by atoms with E-state index in [1.807, 2.05) is 12.1 Å². The maximum absolute atomic E-state index is 6.17. The number of halogens is 1. The molecule has 1 aliphatic rings. The molecular formula is C13H18ClNO2. The van der Waals surface area contributed by atoms with Crippen molar-refractivity contribution in [3.8, 4) is 11.5 Å². The van der Waals surface area contributed by atoms with Crippen LogP contribution in [0.3, 0.4) is 0 Å². The Balaban J connectivity index is 2.34. The predicted molar refractivity (Wildman–Crippen MR) is 69.2 cm³/mol. The smallest absolute Gasteiger partial charge is 0.141 e. The summed E-state index contributed by atoms with van der Waals surface area (Å²) in [5, 5.41) is 4.13. The third kappa shape index (κ3) is 2.67. The van der Waals surface area contributed by atoms with Gasteiger partial charge in [-0.15, -0.1) is 0 Å². The first kappa shape index (κ1) is 12.5. The average Bonchev–Trinajstić information content (AvgIpc) is 2.39. The zero-order valence-electron chi connectivity index (χ0n) is 10.3. The summed E-state index contributed by atoms with van der Waals surface area (Å²) >= 11 is 6.17. The minimum Gasteiger partial charge on any atom is -0.496 e. The van der Waals surface area contributed by atoms with Crippen LogP contribution in [0.2, 0.25) is 5.02 Å². The van der Waals surface area contributed by atoms with E-state index in [1.54, 1.807) is 14.2 Å². The Morgan fingerprint density at radius 2 is 1.94 bits per heavy atom. The van der Waals surface area contributed by atoms with E-state index in [9.17, 15) is 0 Å². The lowest BCUT2D eigenvalue weighted by Gasteiger charge is -2.25. The van der Waals surface area contributed by atoms with Gasteiger partial charge >= 0.3 is 0 Å². The van der Waals surface area contributed by atoms with Gasteiger partial charge in [-0.05, 0) is 25.5 Å². The zero-order valence-corrected chi connectivity index (χ0v) is 11.0. The summed E-state index contributed by atoms with van der Waals surface area (Å²) in [6.45, 7) is 1.05. The number of hydrogen-bond acceptors (Lipinski definition) is 3. The highest BCUT2D eigenvalue weighted by Crippen LogP contribution is 2.37. The van der Waals surface area contributed by atoms with Crippen molar-refractivity contribution >= 4 is 11.6 Å². The van der Waals surface area contributed by atoms with Crippen LogP contribution in [-0.2, 0) is 0 Å². The molecule has 0 bridgehead atoms. The zero-order chi connectivity index (χ0) is 12.3. The van der Waals surface area contributed by atoms with Gasteiger partial charge in [-0.3, -0.25) is 0 Å². The highest BCUT2D eigenvalue weighted by atomic mass is 35.5. The molecule has 0 aromatic heterocycles. The van der Waals surface area contributed by atoms with Gasteiger partial charge in [-0.2, -0.15) is 0 Å². The van der Waals surface area contributed by atoms with E-state index in [1.165, 1.54) is 12.8 Å². The van der Waals surface area contributed by atoms with Crippen molar-refractivity contribution in [2.45, 2.75) is 25.3 Å². The summed E-state index contributed by atoms with van der Waals surface area (Å²) in [7, 11) is 3.29. The van der Waals surface area contributed by atoms with Crippen LogP contribution in [0.1, 0.15) is 30.9 Å².